The van der Waals surface area contributed by atoms with Crippen molar-refractivity contribution in [2.45, 2.75) is 13.3 Å². The fraction of sp³-hybridized carbons (Fsp3) is 0.533. The monoisotopic (exact) mass is 310 g/mol. The molecule has 0 saturated carbocycles. The number of nitrogens with one attached hydrogen (secondary N) is 1. The lowest BCUT2D eigenvalue weighted by Gasteiger charge is -2.22. The Balaban J connectivity index is 1.81. The zero-order valence-electron chi connectivity index (χ0n) is 12.3. The molecule has 1 aliphatic rings. The van der Waals surface area contributed by atoms with Gasteiger partial charge in [0.2, 0.25) is 5.91 Å². The van der Waals surface area contributed by atoms with E-state index in [-0.39, 0.29) is 23.3 Å². The third kappa shape index (κ3) is 4.74. The highest BCUT2D eigenvalue weighted by molar-refractivity contribution is 7.91. The van der Waals surface area contributed by atoms with E-state index in [4.69, 9.17) is 0 Å². The maximum Gasteiger partial charge on any atom is 0.239 e. The van der Waals surface area contributed by atoms with Crippen LogP contribution in [0.25, 0.3) is 0 Å². The highest BCUT2D eigenvalue weighted by atomic mass is 32.2. The van der Waals surface area contributed by atoms with Gasteiger partial charge >= 0.3 is 0 Å². The van der Waals surface area contributed by atoms with Gasteiger partial charge < -0.3 is 10.2 Å². The average Bonchev–Trinajstić information content (AvgIpc) is 2.83. The number of hydrogen-bond donors (Lipinski definition) is 1. The number of rotatable bonds is 6. The molecule has 0 spiro atoms. The minimum Gasteiger partial charge on any atom is -0.363 e. The van der Waals surface area contributed by atoms with Crippen molar-refractivity contribution in [2.24, 2.45) is 5.92 Å². The summed E-state index contributed by atoms with van der Waals surface area (Å²) in [5.74, 6) is 0.443. The number of hydrogen-bond acceptors (Lipinski definition) is 4. The SMILES string of the molecule is CCN(CC(=O)NC[C@H]1CCS(=O)(=O)C1)c1ccccc1. The quantitative estimate of drug-likeness (QED) is 0.853. The van der Waals surface area contributed by atoms with Crippen LogP contribution in [0.5, 0.6) is 0 Å². The van der Waals surface area contributed by atoms with Crippen molar-refractivity contribution in [1.29, 1.82) is 0 Å². The van der Waals surface area contributed by atoms with Crippen LogP contribution in [-0.4, -0.2) is 45.5 Å². The number of anilines is 1. The van der Waals surface area contributed by atoms with Crippen LogP contribution >= 0.6 is 0 Å². The Hall–Kier alpha value is -1.56. The number of likely N-dealkylation sites (N-methyl/N-ethyl adjacent to an activating group) is 1. The summed E-state index contributed by atoms with van der Waals surface area (Å²) in [6.45, 7) is 3.49. The summed E-state index contributed by atoms with van der Waals surface area (Å²) in [6, 6.07) is 9.77. The highest BCUT2D eigenvalue weighted by Crippen LogP contribution is 2.17. The number of sulfone groups is 1. The molecule has 0 unspecified atom stereocenters. The van der Waals surface area contributed by atoms with Gasteiger partial charge in [-0.2, -0.15) is 0 Å². The van der Waals surface area contributed by atoms with Crippen molar-refractivity contribution in [3.63, 3.8) is 0 Å². The summed E-state index contributed by atoms with van der Waals surface area (Å²) in [4.78, 5) is 14.0. The minimum absolute atomic E-state index is 0.0609. The van der Waals surface area contributed by atoms with Crippen LogP contribution < -0.4 is 10.2 Å². The first-order valence-electron chi connectivity index (χ1n) is 7.27. The van der Waals surface area contributed by atoms with Crippen molar-refractivity contribution in [3.8, 4) is 0 Å². The lowest BCUT2D eigenvalue weighted by Crippen LogP contribution is -2.39. The summed E-state index contributed by atoms with van der Waals surface area (Å²) in [5, 5.41) is 2.85. The Bertz CT molecular complexity index is 572. The molecule has 1 N–H and O–H groups in total. The smallest absolute Gasteiger partial charge is 0.239 e. The lowest BCUT2D eigenvalue weighted by molar-refractivity contribution is -0.119. The van der Waals surface area contributed by atoms with Crippen LogP contribution in [0.1, 0.15) is 13.3 Å². The summed E-state index contributed by atoms with van der Waals surface area (Å²) >= 11 is 0. The molecule has 5 nitrogen and oxygen atoms in total. The molecule has 1 aromatic rings. The largest absolute Gasteiger partial charge is 0.363 e. The summed E-state index contributed by atoms with van der Waals surface area (Å²) < 4.78 is 22.7. The molecule has 2 rings (SSSR count). The Kier molecular flexibility index (Phi) is 5.22. The highest BCUT2D eigenvalue weighted by Gasteiger charge is 2.27. The fourth-order valence-electron chi connectivity index (χ4n) is 2.54. The zero-order valence-corrected chi connectivity index (χ0v) is 13.1. The van der Waals surface area contributed by atoms with Gasteiger partial charge in [-0.05, 0) is 31.4 Å². The predicted molar refractivity (Wildman–Crippen MR) is 84.1 cm³/mol. The molecule has 1 atom stereocenters. The summed E-state index contributed by atoms with van der Waals surface area (Å²) in [6.07, 6.45) is 0.652. The Morgan fingerprint density at radius 2 is 2.05 bits per heavy atom. The molecule has 0 aromatic heterocycles. The van der Waals surface area contributed by atoms with E-state index < -0.39 is 9.84 Å². The van der Waals surface area contributed by atoms with Crippen molar-refractivity contribution in [2.75, 3.05) is 36.0 Å². The number of para-hydroxylation sites is 1. The van der Waals surface area contributed by atoms with Crippen molar-refractivity contribution < 1.29 is 13.2 Å². The number of carbonyl (C=O) groups is 1. The second-order valence-corrected chi connectivity index (χ2v) is 7.65. The van der Waals surface area contributed by atoms with Gasteiger partial charge in [-0.25, -0.2) is 8.42 Å². The molecule has 116 valence electrons. The summed E-state index contributed by atoms with van der Waals surface area (Å²) in [5.41, 5.74) is 1.01. The van der Waals surface area contributed by atoms with Crippen molar-refractivity contribution in [3.05, 3.63) is 30.3 Å². The van der Waals surface area contributed by atoms with Crippen LogP contribution in [0.2, 0.25) is 0 Å². The fourth-order valence-corrected chi connectivity index (χ4v) is 4.41. The standard InChI is InChI=1S/C15H22N2O3S/c1-2-17(14-6-4-3-5-7-14)11-15(18)16-10-13-8-9-21(19,20)12-13/h3-7,13H,2,8-12H2,1H3,(H,16,18)/t13-/m1/s1. The van der Waals surface area contributed by atoms with Gasteiger partial charge in [0.05, 0.1) is 18.1 Å². The second-order valence-electron chi connectivity index (χ2n) is 5.42. The van der Waals surface area contributed by atoms with Crippen molar-refractivity contribution >= 4 is 21.4 Å². The van der Waals surface area contributed by atoms with E-state index in [0.29, 0.717) is 19.5 Å². The number of amides is 1. The Labute approximate surface area is 126 Å². The molecule has 1 aromatic carbocycles. The first kappa shape index (κ1) is 15.8. The molecule has 6 heteroatoms. The molecule has 0 bridgehead atoms. The van der Waals surface area contributed by atoms with Crippen LogP contribution in [0.15, 0.2) is 30.3 Å². The van der Waals surface area contributed by atoms with E-state index >= 15 is 0 Å². The Morgan fingerprint density at radius 1 is 1.33 bits per heavy atom. The van der Waals surface area contributed by atoms with Gasteiger partial charge in [-0.15, -0.1) is 0 Å². The van der Waals surface area contributed by atoms with Gasteiger partial charge in [0.15, 0.2) is 9.84 Å². The molecule has 0 aliphatic carbocycles. The van der Waals surface area contributed by atoms with E-state index in [1.54, 1.807) is 0 Å². The molecule has 1 fully saturated rings. The van der Waals surface area contributed by atoms with Crippen LogP contribution in [0.4, 0.5) is 5.69 Å². The van der Waals surface area contributed by atoms with E-state index in [0.717, 1.165) is 12.2 Å². The maximum absolute atomic E-state index is 12.0. The molecular weight excluding hydrogens is 288 g/mol. The van der Waals surface area contributed by atoms with E-state index in [1.165, 1.54) is 0 Å². The molecule has 1 aliphatic heterocycles. The van der Waals surface area contributed by atoms with Crippen molar-refractivity contribution in [1.82, 2.24) is 5.32 Å². The third-order valence-corrected chi connectivity index (χ3v) is 5.59. The van der Waals surface area contributed by atoms with Gasteiger partial charge in [0.25, 0.3) is 0 Å². The topological polar surface area (TPSA) is 66.5 Å². The van der Waals surface area contributed by atoms with Gasteiger partial charge in [0.1, 0.15) is 0 Å². The predicted octanol–water partition coefficient (Wildman–Crippen LogP) is 1.06. The van der Waals surface area contributed by atoms with Gasteiger partial charge in [-0.1, -0.05) is 18.2 Å². The molecule has 0 radical (unpaired) electrons. The van der Waals surface area contributed by atoms with E-state index in [9.17, 15) is 13.2 Å². The molecular formula is C15H22N2O3S. The normalized spacial score (nSPS) is 20.1. The Morgan fingerprint density at radius 3 is 2.62 bits per heavy atom. The molecule has 1 saturated heterocycles. The van der Waals surface area contributed by atoms with Crippen LogP contribution in [0, 0.1) is 5.92 Å². The number of carbonyl (C=O) groups excluding carboxylic acids is 1. The van der Waals surface area contributed by atoms with Crippen LogP contribution in [0.3, 0.4) is 0 Å². The zero-order chi connectivity index (χ0) is 15.3. The number of nitrogens with zero attached hydrogens (tertiary/aromatic N) is 1. The lowest BCUT2D eigenvalue weighted by atomic mass is 10.1. The molecule has 1 heterocycles. The minimum atomic E-state index is -2.88. The first-order valence-corrected chi connectivity index (χ1v) is 9.09. The van der Waals surface area contributed by atoms with Gasteiger partial charge in [0, 0.05) is 18.8 Å². The van der Waals surface area contributed by atoms with E-state index in [2.05, 4.69) is 5.32 Å². The number of benzene rings is 1. The third-order valence-electron chi connectivity index (χ3n) is 3.75. The van der Waals surface area contributed by atoms with Crippen LogP contribution in [-0.2, 0) is 14.6 Å². The molecule has 1 amide bonds. The second kappa shape index (κ2) is 6.93. The maximum atomic E-state index is 12.0. The average molecular weight is 310 g/mol. The van der Waals surface area contributed by atoms with E-state index in [1.807, 2.05) is 42.2 Å². The first-order chi connectivity index (χ1) is 10.00. The summed E-state index contributed by atoms with van der Waals surface area (Å²) in [7, 11) is -2.88. The molecule has 21 heavy (non-hydrogen) atoms. The van der Waals surface area contributed by atoms with Gasteiger partial charge in [-0.3, -0.25) is 4.79 Å².